The average molecular weight is 287 g/mol. The van der Waals surface area contributed by atoms with Crippen molar-refractivity contribution in [3.8, 4) is 0 Å². The Bertz CT molecular complexity index is 561. The number of hydrogen-bond acceptors (Lipinski definition) is 5. The molecule has 1 aliphatic rings. The van der Waals surface area contributed by atoms with Gasteiger partial charge in [-0.05, 0) is 25.8 Å². The summed E-state index contributed by atoms with van der Waals surface area (Å²) in [6.45, 7) is 2.21. The summed E-state index contributed by atoms with van der Waals surface area (Å²) in [4.78, 5) is 10.8. The number of nitrogens with one attached hydrogen (secondary N) is 1. The van der Waals surface area contributed by atoms with Crippen LogP contribution in [0.15, 0.2) is 10.5 Å². The second-order valence-electron chi connectivity index (χ2n) is 4.80. The normalized spacial score (nSPS) is 19.4. The molecule has 0 bridgehead atoms. The summed E-state index contributed by atoms with van der Waals surface area (Å²) >= 11 is 0. The van der Waals surface area contributed by atoms with E-state index in [0.29, 0.717) is 25.1 Å². The van der Waals surface area contributed by atoms with E-state index in [2.05, 4.69) is 5.32 Å². The minimum atomic E-state index is -2.85. The van der Waals surface area contributed by atoms with E-state index in [1.165, 1.54) is 6.07 Å². The molecular formula is C12H17NO5S. The third kappa shape index (κ3) is 3.57. The fourth-order valence-corrected chi connectivity index (χ4v) is 3.64. The molecule has 19 heavy (non-hydrogen) atoms. The van der Waals surface area contributed by atoms with E-state index in [-0.39, 0.29) is 23.3 Å². The lowest BCUT2D eigenvalue weighted by atomic mass is 10.1. The summed E-state index contributed by atoms with van der Waals surface area (Å²) < 4.78 is 27.7. The second kappa shape index (κ2) is 5.34. The predicted molar refractivity (Wildman–Crippen MR) is 68.9 cm³/mol. The number of sulfone groups is 1. The number of aromatic carboxylic acids is 1. The van der Waals surface area contributed by atoms with Crippen LogP contribution >= 0.6 is 0 Å². The third-order valence-electron chi connectivity index (χ3n) is 3.37. The highest BCUT2D eigenvalue weighted by Crippen LogP contribution is 2.17. The van der Waals surface area contributed by atoms with Crippen LogP contribution in [0.3, 0.4) is 0 Å². The van der Waals surface area contributed by atoms with Gasteiger partial charge in [-0.1, -0.05) is 0 Å². The van der Waals surface area contributed by atoms with Gasteiger partial charge in [0.15, 0.2) is 0 Å². The van der Waals surface area contributed by atoms with Crippen molar-refractivity contribution in [1.29, 1.82) is 0 Å². The van der Waals surface area contributed by atoms with Crippen molar-refractivity contribution in [2.75, 3.05) is 11.5 Å². The van der Waals surface area contributed by atoms with E-state index < -0.39 is 15.8 Å². The molecule has 1 aromatic rings. The highest BCUT2D eigenvalue weighted by molar-refractivity contribution is 7.91. The Morgan fingerprint density at radius 3 is 2.63 bits per heavy atom. The molecule has 6 nitrogen and oxygen atoms in total. The van der Waals surface area contributed by atoms with E-state index in [4.69, 9.17) is 9.52 Å². The van der Waals surface area contributed by atoms with Crippen LogP contribution in [0.2, 0.25) is 0 Å². The maximum atomic E-state index is 11.3. The molecule has 0 saturated carbocycles. The van der Waals surface area contributed by atoms with Crippen LogP contribution in [0.4, 0.5) is 0 Å². The van der Waals surface area contributed by atoms with Crippen molar-refractivity contribution >= 4 is 15.8 Å². The van der Waals surface area contributed by atoms with Gasteiger partial charge in [0.2, 0.25) is 5.76 Å². The first kappa shape index (κ1) is 14.1. The minimum Gasteiger partial charge on any atom is -0.475 e. The Kier molecular flexibility index (Phi) is 3.96. The highest BCUT2D eigenvalue weighted by Gasteiger charge is 2.23. The smallest absolute Gasteiger partial charge is 0.371 e. The Labute approximate surface area is 111 Å². The van der Waals surface area contributed by atoms with Crippen molar-refractivity contribution in [2.45, 2.75) is 32.4 Å². The van der Waals surface area contributed by atoms with E-state index in [1.807, 2.05) is 0 Å². The zero-order valence-corrected chi connectivity index (χ0v) is 11.5. The number of furan rings is 1. The van der Waals surface area contributed by atoms with Gasteiger partial charge in [0.1, 0.15) is 15.6 Å². The van der Waals surface area contributed by atoms with Crippen LogP contribution in [0.1, 0.15) is 34.7 Å². The molecular weight excluding hydrogens is 270 g/mol. The second-order valence-corrected chi connectivity index (χ2v) is 7.11. The van der Waals surface area contributed by atoms with Crippen molar-refractivity contribution in [3.05, 3.63) is 23.2 Å². The summed E-state index contributed by atoms with van der Waals surface area (Å²) in [5.74, 6) is -0.142. The van der Waals surface area contributed by atoms with Crippen LogP contribution in [0.5, 0.6) is 0 Å². The fourth-order valence-electron chi connectivity index (χ4n) is 2.15. The first-order chi connectivity index (χ1) is 8.87. The zero-order chi connectivity index (χ0) is 14.0. The molecule has 1 fully saturated rings. The van der Waals surface area contributed by atoms with Crippen molar-refractivity contribution in [1.82, 2.24) is 5.32 Å². The quantitative estimate of drug-likeness (QED) is 0.856. The number of rotatable bonds is 4. The van der Waals surface area contributed by atoms with Gasteiger partial charge in [-0.25, -0.2) is 13.2 Å². The highest BCUT2D eigenvalue weighted by atomic mass is 32.2. The summed E-state index contributed by atoms with van der Waals surface area (Å²) in [7, 11) is -2.85. The van der Waals surface area contributed by atoms with Gasteiger partial charge in [0, 0.05) is 18.2 Å². The molecule has 0 unspecified atom stereocenters. The molecule has 106 valence electrons. The zero-order valence-electron chi connectivity index (χ0n) is 10.7. The lowest BCUT2D eigenvalue weighted by Crippen LogP contribution is -2.37. The summed E-state index contributed by atoms with van der Waals surface area (Å²) in [5.41, 5.74) is 0.797. The van der Waals surface area contributed by atoms with Crippen LogP contribution in [-0.2, 0) is 16.4 Å². The number of aryl methyl sites for hydroxylation is 1. The summed E-state index contributed by atoms with van der Waals surface area (Å²) in [6, 6.07) is 1.66. The molecule has 0 radical (unpaired) electrons. The number of carbonyl (C=O) groups is 1. The van der Waals surface area contributed by atoms with Crippen LogP contribution in [0.25, 0.3) is 0 Å². The molecule has 2 N–H and O–H groups in total. The van der Waals surface area contributed by atoms with E-state index in [1.54, 1.807) is 6.92 Å². The Morgan fingerprint density at radius 1 is 1.47 bits per heavy atom. The molecule has 2 heterocycles. The van der Waals surface area contributed by atoms with Gasteiger partial charge in [-0.15, -0.1) is 0 Å². The summed E-state index contributed by atoms with van der Waals surface area (Å²) in [6.07, 6.45) is 1.20. The Hall–Kier alpha value is -1.34. The van der Waals surface area contributed by atoms with Crippen molar-refractivity contribution < 1.29 is 22.7 Å². The maximum Gasteiger partial charge on any atom is 0.371 e. The molecule has 2 rings (SSSR count). The van der Waals surface area contributed by atoms with Crippen LogP contribution in [0, 0.1) is 6.92 Å². The molecule has 7 heteroatoms. The molecule has 1 aliphatic heterocycles. The minimum absolute atomic E-state index is 0.0690. The molecule has 0 aliphatic carbocycles. The van der Waals surface area contributed by atoms with Crippen LogP contribution < -0.4 is 5.32 Å². The lowest BCUT2D eigenvalue weighted by molar-refractivity contribution is 0.0661. The number of carboxylic acids is 1. The van der Waals surface area contributed by atoms with E-state index in [9.17, 15) is 13.2 Å². The molecule has 0 spiro atoms. The largest absolute Gasteiger partial charge is 0.475 e. The van der Waals surface area contributed by atoms with E-state index >= 15 is 0 Å². The summed E-state index contributed by atoms with van der Waals surface area (Å²) in [5, 5.41) is 12.1. The Balaban J connectivity index is 1.91. The number of carboxylic acid groups (broad SMARTS) is 1. The van der Waals surface area contributed by atoms with E-state index in [0.717, 1.165) is 5.56 Å². The average Bonchev–Trinajstić information content (AvgIpc) is 2.70. The topological polar surface area (TPSA) is 96.6 Å². The maximum absolute atomic E-state index is 11.3. The predicted octanol–water partition coefficient (Wildman–Crippen LogP) is 0.953. The SMILES string of the molecule is Cc1oc(C(=O)O)cc1CNC1CCS(=O)(=O)CC1. The standard InChI is InChI=1S/C12H17NO5S/c1-8-9(6-11(18-8)12(14)15)7-13-10-2-4-19(16,17)5-3-10/h6,10,13H,2-5,7H2,1H3,(H,14,15). The van der Waals surface area contributed by atoms with Gasteiger partial charge in [0.05, 0.1) is 11.5 Å². The molecule has 0 amide bonds. The first-order valence-corrected chi connectivity index (χ1v) is 7.96. The van der Waals surface area contributed by atoms with Gasteiger partial charge >= 0.3 is 5.97 Å². The van der Waals surface area contributed by atoms with Gasteiger partial charge in [0.25, 0.3) is 0 Å². The molecule has 1 saturated heterocycles. The number of hydrogen-bond donors (Lipinski definition) is 2. The monoisotopic (exact) mass is 287 g/mol. The van der Waals surface area contributed by atoms with Crippen LogP contribution in [-0.4, -0.2) is 37.0 Å². The fraction of sp³-hybridized carbons (Fsp3) is 0.583. The van der Waals surface area contributed by atoms with Crippen molar-refractivity contribution in [3.63, 3.8) is 0 Å². The third-order valence-corrected chi connectivity index (χ3v) is 5.08. The Morgan fingerprint density at radius 2 is 2.11 bits per heavy atom. The van der Waals surface area contributed by atoms with Gasteiger partial charge in [-0.3, -0.25) is 0 Å². The molecule has 0 atom stereocenters. The lowest BCUT2D eigenvalue weighted by Gasteiger charge is -2.22. The van der Waals surface area contributed by atoms with Gasteiger partial charge < -0.3 is 14.8 Å². The molecule has 1 aromatic heterocycles. The molecule has 0 aromatic carbocycles. The first-order valence-electron chi connectivity index (χ1n) is 6.14. The van der Waals surface area contributed by atoms with Crippen molar-refractivity contribution in [2.24, 2.45) is 0 Å². The van der Waals surface area contributed by atoms with Gasteiger partial charge in [-0.2, -0.15) is 0 Å².